The van der Waals surface area contributed by atoms with Crippen molar-refractivity contribution < 1.29 is 9.59 Å². The van der Waals surface area contributed by atoms with Crippen LogP contribution in [0.3, 0.4) is 0 Å². The average Bonchev–Trinajstić information content (AvgIpc) is 2.87. The van der Waals surface area contributed by atoms with Crippen molar-refractivity contribution in [3.63, 3.8) is 0 Å². The number of aryl methyl sites for hydroxylation is 1. The van der Waals surface area contributed by atoms with Gasteiger partial charge < -0.3 is 9.88 Å². The third-order valence-corrected chi connectivity index (χ3v) is 5.37. The van der Waals surface area contributed by atoms with Crippen LogP contribution in [-0.4, -0.2) is 27.1 Å². The number of carbonyl (C=O) groups is 2. The molecule has 0 unspecified atom stereocenters. The van der Waals surface area contributed by atoms with Gasteiger partial charge >= 0.3 is 0 Å². The first-order valence-electron chi connectivity index (χ1n) is 8.49. The molecule has 7 heteroatoms. The van der Waals surface area contributed by atoms with E-state index in [1.54, 1.807) is 23.9 Å². The number of rotatable bonds is 3. The van der Waals surface area contributed by atoms with Crippen molar-refractivity contribution in [1.82, 2.24) is 9.55 Å². The molecule has 2 aromatic carbocycles. The molecule has 0 radical (unpaired) electrons. The summed E-state index contributed by atoms with van der Waals surface area (Å²) in [5, 5.41) is 5.76. The second-order valence-corrected chi connectivity index (χ2v) is 7.12. The van der Waals surface area contributed by atoms with E-state index in [1.165, 1.54) is 0 Å². The summed E-state index contributed by atoms with van der Waals surface area (Å²) >= 11 is 1.62. The van der Waals surface area contributed by atoms with Gasteiger partial charge in [0.1, 0.15) is 0 Å². The first-order valence-corrected chi connectivity index (χ1v) is 9.47. The van der Waals surface area contributed by atoms with E-state index in [0.29, 0.717) is 30.2 Å². The number of benzene rings is 2. The molecular weight excluding hydrogens is 348 g/mol. The summed E-state index contributed by atoms with van der Waals surface area (Å²) in [6.45, 7) is 2.71. The molecule has 0 spiro atoms. The Morgan fingerprint density at radius 2 is 2.15 bits per heavy atom. The van der Waals surface area contributed by atoms with Gasteiger partial charge in [-0.2, -0.15) is 0 Å². The van der Waals surface area contributed by atoms with Crippen LogP contribution in [0.25, 0.3) is 11.0 Å². The van der Waals surface area contributed by atoms with Crippen LogP contribution < -0.4 is 10.6 Å². The second-order valence-electron chi connectivity index (χ2n) is 5.98. The van der Waals surface area contributed by atoms with Crippen LogP contribution in [-0.2, 0) is 11.3 Å². The average molecular weight is 366 g/mol. The monoisotopic (exact) mass is 366 g/mol. The molecule has 0 aliphatic carbocycles. The van der Waals surface area contributed by atoms with Crippen LogP contribution in [0, 0.1) is 0 Å². The van der Waals surface area contributed by atoms with Crippen molar-refractivity contribution in [1.29, 1.82) is 0 Å². The smallest absolute Gasteiger partial charge is 0.258 e. The highest BCUT2D eigenvalue weighted by Crippen LogP contribution is 2.31. The molecule has 4 rings (SSSR count). The maximum atomic E-state index is 12.7. The van der Waals surface area contributed by atoms with Crippen molar-refractivity contribution in [3.8, 4) is 0 Å². The number of hydrogen-bond acceptors (Lipinski definition) is 4. The second kappa shape index (κ2) is 6.84. The lowest BCUT2D eigenvalue weighted by molar-refractivity contribution is -0.115. The Kier molecular flexibility index (Phi) is 4.38. The largest absolute Gasteiger partial charge is 0.325 e. The highest BCUT2D eigenvalue weighted by atomic mass is 32.2. The van der Waals surface area contributed by atoms with Crippen LogP contribution in [0.5, 0.6) is 0 Å². The molecular formula is C19H18N4O2S. The van der Waals surface area contributed by atoms with Gasteiger partial charge in [0.15, 0.2) is 0 Å². The lowest BCUT2D eigenvalue weighted by Gasteiger charge is -2.10. The summed E-state index contributed by atoms with van der Waals surface area (Å²) in [5.74, 6) is 0.986. The maximum absolute atomic E-state index is 12.7. The highest BCUT2D eigenvalue weighted by Gasteiger charge is 2.17. The van der Waals surface area contributed by atoms with Gasteiger partial charge in [0, 0.05) is 29.2 Å². The van der Waals surface area contributed by atoms with E-state index in [2.05, 4.69) is 15.6 Å². The standard InChI is InChI=1S/C19H18N4O2S/c1-2-23-15-6-4-3-5-13(15)21-19(23)22-18(25)12-7-8-16-14(11-12)20-17(24)9-10-26-16/h3-8,11H,2,9-10H2,1H3,(H,20,24)(H,21,22,25). The summed E-state index contributed by atoms with van der Waals surface area (Å²) in [5.41, 5.74) is 3.00. The summed E-state index contributed by atoms with van der Waals surface area (Å²) in [6, 6.07) is 13.2. The van der Waals surface area contributed by atoms with E-state index in [-0.39, 0.29) is 11.8 Å². The molecule has 0 fully saturated rings. The topological polar surface area (TPSA) is 76.0 Å². The van der Waals surface area contributed by atoms with E-state index in [9.17, 15) is 9.59 Å². The predicted molar refractivity (Wildman–Crippen MR) is 104 cm³/mol. The Morgan fingerprint density at radius 1 is 1.31 bits per heavy atom. The summed E-state index contributed by atoms with van der Waals surface area (Å²) in [4.78, 5) is 30.0. The van der Waals surface area contributed by atoms with Gasteiger partial charge in [0.05, 0.1) is 16.7 Å². The van der Waals surface area contributed by atoms with Gasteiger partial charge in [-0.1, -0.05) is 12.1 Å². The van der Waals surface area contributed by atoms with E-state index in [1.807, 2.05) is 41.8 Å². The minimum Gasteiger partial charge on any atom is -0.325 e. The number of fused-ring (bicyclic) bond motifs is 2. The number of hydrogen-bond donors (Lipinski definition) is 2. The zero-order valence-electron chi connectivity index (χ0n) is 14.3. The molecule has 3 aromatic rings. The Labute approximate surface area is 155 Å². The normalized spacial score (nSPS) is 13.8. The minimum absolute atomic E-state index is 0.0263. The Bertz CT molecular complexity index is 1010. The maximum Gasteiger partial charge on any atom is 0.258 e. The number of nitrogens with one attached hydrogen (secondary N) is 2. The van der Waals surface area contributed by atoms with E-state index >= 15 is 0 Å². The molecule has 1 aliphatic heterocycles. The first kappa shape index (κ1) is 16.7. The Morgan fingerprint density at radius 3 is 3.00 bits per heavy atom. The molecule has 0 atom stereocenters. The zero-order valence-corrected chi connectivity index (χ0v) is 15.1. The van der Waals surface area contributed by atoms with Gasteiger partial charge in [-0.25, -0.2) is 4.98 Å². The van der Waals surface area contributed by atoms with Crippen LogP contribution in [0.1, 0.15) is 23.7 Å². The molecule has 1 aliphatic rings. The number of imidazole rings is 1. The van der Waals surface area contributed by atoms with Crippen molar-refractivity contribution >= 4 is 46.2 Å². The van der Waals surface area contributed by atoms with E-state index in [0.717, 1.165) is 21.7 Å². The minimum atomic E-state index is -0.249. The van der Waals surface area contributed by atoms with Crippen LogP contribution in [0.15, 0.2) is 47.4 Å². The molecule has 0 saturated heterocycles. The molecule has 26 heavy (non-hydrogen) atoms. The number of carbonyl (C=O) groups excluding carboxylic acids is 2. The van der Waals surface area contributed by atoms with Crippen molar-refractivity contribution in [2.24, 2.45) is 0 Å². The van der Waals surface area contributed by atoms with E-state index in [4.69, 9.17) is 0 Å². The summed E-state index contributed by atoms with van der Waals surface area (Å²) in [6.07, 6.45) is 0.474. The number of nitrogens with zero attached hydrogens (tertiary/aromatic N) is 2. The lowest BCUT2D eigenvalue weighted by atomic mass is 10.2. The third kappa shape index (κ3) is 3.06. The van der Waals surface area contributed by atoms with E-state index < -0.39 is 0 Å². The highest BCUT2D eigenvalue weighted by molar-refractivity contribution is 7.99. The fraction of sp³-hybridized carbons (Fsp3) is 0.211. The van der Waals surface area contributed by atoms with Gasteiger partial charge in [0.2, 0.25) is 11.9 Å². The Hall–Kier alpha value is -2.80. The first-order chi connectivity index (χ1) is 12.7. The third-order valence-electron chi connectivity index (χ3n) is 4.30. The number of amides is 2. The number of aromatic nitrogens is 2. The number of anilines is 2. The van der Waals surface area contributed by atoms with Crippen molar-refractivity contribution in [2.75, 3.05) is 16.4 Å². The molecule has 6 nitrogen and oxygen atoms in total. The number of para-hydroxylation sites is 2. The fourth-order valence-corrected chi connectivity index (χ4v) is 3.96. The van der Waals surface area contributed by atoms with Crippen LogP contribution >= 0.6 is 11.8 Å². The molecule has 0 saturated carbocycles. The molecule has 2 amide bonds. The molecule has 2 N–H and O–H groups in total. The molecule has 0 bridgehead atoms. The SMILES string of the molecule is CCn1c(NC(=O)c2ccc3c(c2)NC(=O)CCS3)nc2ccccc21. The zero-order chi connectivity index (χ0) is 18.1. The molecule has 132 valence electrons. The van der Waals surface area contributed by atoms with Gasteiger partial charge in [-0.05, 0) is 37.3 Å². The molecule has 2 heterocycles. The van der Waals surface area contributed by atoms with Gasteiger partial charge in [0.25, 0.3) is 5.91 Å². The lowest BCUT2D eigenvalue weighted by Crippen LogP contribution is -2.16. The predicted octanol–water partition coefficient (Wildman–Crippen LogP) is 3.74. The van der Waals surface area contributed by atoms with Crippen LogP contribution in [0.2, 0.25) is 0 Å². The van der Waals surface area contributed by atoms with Crippen molar-refractivity contribution in [2.45, 2.75) is 24.8 Å². The number of thioether (sulfide) groups is 1. The van der Waals surface area contributed by atoms with Crippen molar-refractivity contribution in [3.05, 3.63) is 48.0 Å². The van der Waals surface area contributed by atoms with Crippen LogP contribution in [0.4, 0.5) is 11.6 Å². The molecule has 1 aromatic heterocycles. The fourth-order valence-electron chi connectivity index (χ4n) is 3.03. The summed E-state index contributed by atoms with van der Waals surface area (Å²) in [7, 11) is 0. The Balaban J connectivity index is 1.64. The quantitative estimate of drug-likeness (QED) is 0.740. The van der Waals surface area contributed by atoms with Gasteiger partial charge in [-0.15, -0.1) is 11.8 Å². The summed E-state index contributed by atoms with van der Waals surface area (Å²) < 4.78 is 1.97. The van der Waals surface area contributed by atoms with Gasteiger partial charge in [-0.3, -0.25) is 14.9 Å².